The van der Waals surface area contributed by atoms with Crippen LogP contribution in [0.2, 0.25) is 0 Å². The molecule has 5 nitrogen and oxygen atoms in total. The highest BCUT2D eigenvalue weighted by Gasteiger charge is 2.02. The molecule has 17 heavy (non-hydrogen) atoms. The second-order valence-corrected chi connectivity index (χ2v) is 3.28. The van der Waals surface area contributed by atoms with Crippen molar-refractivity contribution in [2.45, 2.75) is 0 Å². The van der Waals surface area contributed by atoms with Crippen molar-refractivity contribution in [2.24, 2.45) is 5.73 Å². The third-order valence-electron chi connectivity index (χ3n) is 2.23. The van der Waals surface area contributed by atoms with Gasteiger partial charge in [0.1, 0.15) is 12.5 Å². The summed E-state index contributed by atoms with van der Waals surface area (Å²) in [5.74, 6) is 2.00. The van der Waals surface area contributed by atoms with Crippen LogP contribution in [0, 0.1) is 0 Å². The fraction of sp³-hybridized carbons (Fsp3) is 0.167. The Bertz CT molecular complexity index is 468. The molecule has 0 aliphatic rings. The summed E-state index contributed by atoms with van der Waals surface area (Å²) in [7, 11) is 1.63. The molecule has 0 unspecified atom stereocenters. The predicted molar refractivity (Wildman–Crippen MR) is 63.7 cm³/mol. The molecule has 0 radical (unpaired) electrons. The van der Waals surface area contributed by atoms with Gasteiger partial charge in [0.25, 0.3) is 0 Å². The summed E-state index contributed by atoms with van der Waals surface area (Å²) in [5, 5.41) is 0. The third kappa shape index (κ3) is 2.70. The molecule has 0 aliphatic heterocycles. The van der Waals surface area contributed by atoms with Gasteiger partial charge in [-0.05, 0) is 24.3 Å². The van der Waals surface area contributed by atoms with E-state index in [1.807, 2.05) is 24.3 Å². The first kappa shape index (κ1) is 11.3. The van der Waals surface area contributed by atoms with Crippen LogP contribution in [0.3, 0.4) is 0 Å². The molecule has 5 heteroatoms. The molecule has 0 atom stereocenters. The van der Waals surface area contributed by atoms with E-state index < -0.39 is 0 Å². The topological polar surface area (TPSA) is 70.3 Å². The summed E-state index contributed by atoms with van der Waals surface area (Å²) in [6.45, 7) is 0.116. The van der Waals surface area contributed by atoms with E-state index in [1.165, 1.54) is 0 Å². The number of nitrogens with two attached hydrogens (primary N) is 1. The molecule has 0 amide bonds. The molecule has 0 bridgehead atoms. The lowest BCUT2D eigenvalue weighted by Crippen LogP contribution is -2.07. The minimum Gasteiger partial charge on any atom is -0.497 e. The fourth-order valence-electron chi connectivity index (χ4n) is 1.38. The predicted octanol–water partition coefficient (Wildman–Crippen LogP) is 1.45. The molecule has 88 valence electrons. The molecule has 1 heterocycles. The van der Waals surface area contributed by atoms with Gasteiger partial charge in [-0.1, -0.05) is 0 Å². The quantitative estimate of drug-likeness (QED) is 0.806. The molecule has 2 aromatic rings. The zero-order valence-electron chi connectivity index (χ0n) is 9.46. The SMILES string of the molecule is COc1ccc(-c2ncc(OCN)cn2)cc1. The van der Waals surface area contributed by atoms with Crippen molar-refractivity contribution in [3.63, 3.8) is 0 Å². The summed E-state index contributed by atoms with van der Waals surface area (Å²) in [5.41, 5.74) is 6.17. The molecular formula is C12H13N3O2. The number of methoxy groups -OCH3 is 1. The number of aromatic nitrogens is 2. The van der Waals surface area contributed by atoms with Crippen molar-refractivity contribution in [1.29, 1.82) is 0 Å². The van der Waals surface area contributed by atoms with Gasteiger partial charge in [0.2, 0.25) is 0 Å². The Morgan fingerprint density at radius 3 is 2.24 bits per heavy atom. The number of nitrogens with zero attached hydrogens (tertiary/aromatic N) is 2. The van der Waals surface area contributed by atoms with Crippen LogP contribution in [-0.2, 0) is 0 Å². The van der Waals surface area contributed by atoms with Crippen LogP contribution in [0.25, 0.3) is 11.4 Å². The lowest BCUT2D eigenvalue weighted by Gasteiger charge is -2.04. The van der Waals surface area contributed by atoms with E-state index in [0.29, 0.717) is 11.6 Å². The van der Waals surface area contributed by atoms with Crippen LogP contribution < -0.4 is 15.2 Å². The number of rotatable bonds is 4. The van der Waals surface area contributed by atoms with Gasteiger partial charge < -0.3 is 9.47 Å². The van der Waals surface area contributed by atoms with E-state index in [2.05, 4.69) is 9.97 Å². The minimum atomic E-state index is 0.116. The highest BCUT2D eigenvalue weighted by atomic mass is 16.5. The van der Waals surface area contributed by atoms with Crippen molar-refractivity contribution in [2.75, 3.05) is 13.8 Å². The molecule has 2 rings (SSSR count). The molecule has 0 aliphatic carbocycles. The molecule has 0 saturated carbocycles. The van der Waals surface area contributed by atoms with E-state index in [9.17, 15) is 0 Å². The van der Waals surface area contributed by atoms with Crippen molar-refractivity contribution >= 4 is 0 Å². The normalized spacial score (nSPS) is 10.0. The standard InChI is InChI=1S/C12H13N3O2/c1-16-10-4-2-9(3-5-10)12-14-6-11(7-15-12)17-8-13/h2-7H,8,13H2,1H3. The van der Waals surface area contributed by atoms with Crippen molar-refractivity contribution in [3.8, 4) is 22.9 Å². The van der Waals surface area contributed by atoms with Gasteiger partial charge >= 0.3 is 0 Å². The Balaban J connectivity index is 2.20. The van der Waals surface area contributed by atoms with Gasteiger partial charge in [0.05, 0.1) is 19.5 Å². The van der Waals surface area contributed by atoms with Crippen molar-refractivity contribution in [1.82, 2.24) is 9.97 Å². The highest BCUT2D eigenvalue weighted by Crippen LogP contribution is 2.19. The van der Waals surface area contributed by atoms with Gasteiger partial charge in [-0.25, -0.2) is 9.97 Å². The maximum Gasteiger partial charge on any atom is 0.159 e. The lowest BCUT2D eigenvalue weighted by molar-refractivity contribution is 0.327. The van der Waals surface area contributed by atoms with E-state index in [4.69, 9.17) is 15.2 Å². The molecule has 0 spiro atoms. The first-order valence-electron chi connectivity index (χ1n) is 5.13. The van der Waals surface area contributed by atoms with Crippen LogP contribution in [0.15, 0.2) is 36.7 Å². The van der Waals surface area contributed by atoms with Gasteiger partial charge in [-0.15, -0.1) is 0 Å². The Hall–Kier alpha value is -2.14. The average Bonchev–Trinajstić information content (AvgIpc) is 2.40. The summed E-state index contributed by atoms with van der Waals surface area (Å²) < 4.78 is 10.1. The van der Waals surface area contributed by atoms with Crippen LogP contribution in [0.1, 0.15) is 0 Å². The van der Waals surface area contributed by atoms with Crippen LogP contribution in [0.4, 0.5) is 0 Å². The molecule has 0 saturated heterocycles. The van der Waals surface area contributed by atoms with Gasteiger partial charge in [0.15, 0.2) is 11.6 Å². The fourth-order valence-corrected chi connectivity index (χ4v) is 1.38. The largest absolute Gasteiger partial charge is 0.497 e. The average molecular weight is 231 g/mol. The van der Waals surface area contributed by atoms with E-state index in [1.54, 1.807) is 19.5 Å². The maximum absolute atomic E-state index is 5.25. The van der Waals surface area contributed by atoms with E-state index in [0.717, 1.165) is 11.3 Å². The first-order chi connectivity index (χ1) is 8.33. The van der Waals surface area contributed by atoms with Crippen molar-refractivity contribution < 1.29 is 9.47 Å². The Morgan fingerprint density at radius 2 is 1.71 bits per heavy atom. The molecule has 0 fully saturated rings. The van der Waals surface area contributed by atoms with E-state index in [-0.39, 0.29) is 6.73 Å². The number of benzene rings is 1. The monoisotopic (exact) mass is 231 g/mol. The smallest absolute Gasteiger partial charge is 0.159 e. The van der Waals surface area contributed by atoms with Gasteiger partial charge in [-0.2, -0.15) is 0 Å². The van der Waals surface area contributed by atoms with Crippen LogP contribution in [-0.4, -0.2) is 23.8 Å². The molecule has 1 aromatic carbocycles. The zero-order chi connectivity index (χ0) is 12.1. The number of ether oxygens (including phenoxy) is 2. The highest BCUT2D eigenvalue weighted by molar-refractivity contribution is 5.56. The molecular weight excluding hydrogens is 218 g/mol. The Kier molecular flexibility index (Phi) is 3.52. The maximum atomic E-state index is 5.25. The van der Waals surface area contributed by atoms with E-state index >= 15 is 0 Å². The summed E-state index contributed by atoms with van der Waals surface area (Å²) in [6.07, 6.45) is 3.19. The minimum absolute atomic E-state index is 0.116. The van der Waals surface area contributed by atoms with Crippen LogP contribution >= 0.6 is 0 Å². The summed E-state index contributed by atoms with van der Waals surface area (Å²) >= 11 is 0. The first-order valence-corrected chi connectivity index (χ1v) is 5.13. The number of hydrogen-bond donors (Lipinski definition) is 1. The van der Waals surface area contributed by atoms with Gasteiger partial charge in [0, 0.05) is 5.56 Å². The second-order valence-electron chi connectivity index (χ2n) is 3.28. The van der Waals surface area contributed by atoms with Crippen LogP contribution in [0.5, 0.6) is 11.5 Å². The Labute approximate surface area is 99.2 Å². The summed E-state index contributed by atoms with van der Waals surface area (Å²) in [4.78, 5) is 8.38. The second kappa shape index (κ2) is 5.27. The molecule has 1 aromatic heterocycles. The number of hydrogen-bond acceptors (Lipinski definition) is 5. The lowest BCUT2D eigenvalue weighted by atomic mass is 10.2. The summed E-state index contributed by atoms with van der Waals surface area (Å²) in [6, 6.07) is 7.53. The third-order valence-corrected chi connectivity index (χ3v) is 2.23. The molecule has 2 N–H and O–H groups in total. The zero-order valence-corrected chi connectivity index (χ0v) is 9.46. The Morgan fingerprint density at radius 1 is 1.06 bits per heavy atom. The van der Waals surface area contributed by atoms with Crippen molar-refractivity contribution in [3.05, 3.63) is 36.7 Å². The van der Waals surface area contributed by atoms with Gasteiger partial charge in [-0.3, -0.25) is 5.73 Å².